The number of carbonyl (C=O) groups is 1. The number of hydrogen-bond donors (Lipinski definition) is 0. The Hall–Kier alpha value is -2.37. The molecule has 27 heavy (non-hydrogen) atoms. The van der Waals surface area contributed by atoms with E-state index < -0.39 is 0 Å². The smallest absolute Gasteiger partial charge is 0.227 e. The summed E-state index contributed by atoms with van der Waals surface area (Å²) in [6.07, 6.45) is 3.05. The zero-order chi connectivity index (χ0) is 18.4. The summed E-state index contributed by atoms with van der Waals surface area (Å²) < 4.78 is 5.69. The molecule has 3 aromatic heterocycles. The normalized spacial score (nSPS) is 16.6. The zero-order valence-electron chi connectivity index (χ0n) is 15.0. The van der Waals surface area contributed by atoms with Gasteiger partial charge in [-0.05, 0) is 53.4 Å². The van der Waals surface area contributed by atoms with Crippen LogP contribution in [0, 0.1) is 6.92 Å². The number of hydrogen-bond acceptors (Lipinski definition) is 4. The largest absolute Gasteiger partial charge is 0.464 e. The molecule has 136 valence electrons. The Bertz CT molecular complexity index is 1110. The maximum absolute atomic E-state index is 13.3. The van der Waals surface area contributed by atoms with Crippen molar-refractivity contribution in [2.24, 2.45) is 0 Å². The average Bonchev–Trinajstić information content (AvgIpc) is 3.41. The van der Waals surface area contributed by atoms with Gasteiger partial charge in [-0.25, -0.2) is 0 Å². The van der Waals surface area contributed by atoms with E-state index in [9.17, 15) is 4.79 Å². The van der Waals surface area contributed by atoms with E-state index in [2.05, 4.69) is 41.1 Å². The van der Waals surface area contributed by atoms with Crippen molar-refractivity contribution < 1.29 is 9.21 Å². The first-order valence-electron chi connectivity index (χ1n) is 9.06. The molecule has 0 saturated heterocycles. The van der Waals surface area contributed by atoms with E-state index in [1.54, 1.807) is 28.9 Å². The fraction of sp³-hybridized carbons (Fsp3) is 0.227. The molecule has 1 atom stereocenters. The lowest BCUT2D eigenvalue weighted by atomic mass is 9.97. The molecular weight excluding hydrogens is 374 g/mol. The predicted molar refractivity (Wildman–Crippen MR) is 111 cm³/mol. The number of aryl methyl sites for hydroxylation is 1. The molecule has 1 amide bonds. The summed E-state index contributed by atoms with van der Waals surface area (Å²) in [7, 11) is 0. The van der Waals surface area contributed by atoms with E-state index in [1.807, 2.05) is 17.9 Å². The number of nitrogens with zero attached hydrogens (tertiary/aromatic N) is 1. The molecule has 0 radical (unpaired) electrons. The summed E-state index contributed by atoms with van der Waals surface area (Å²) in [5.74, 6) is 0.161. The first kappa shape index (κ1) is 16.8. The summed E-state index contributed by atoms with van der Waals surface area (Å²) in [6.45, 7) is 2.81. The lowest BCUT2D eigenvalue weighted by molar-refractivity contribution is -0.132. The summed E-state index contributed by atoms with van der Waals surface area (Å²) in [5.41, 5.74) is 4.27. The molecule has 5 rings (SSSR count). The van der Waals surface area contributed by atoms with E-state index >= 15 is 0 Å². The molecule has 4 aromatic rings. The molecule has 0 bridgehead atoms. The molecular formula is C22H19NO2S2. The Morgan fingerprint density at radius 3 is 3.00 bits per heavy atom. The molecule has 0 N–H and O–H groups in total. The number of benzene rings is 1. The zero-order valence-corrected chi connectivity index (χ0v) is 16.6. The van der Waals surface area contributed by atoms with Gasteiger partial charge in [-0.3, -0.25) is 4.79 Å². The van der Waals surface area contributed by atoms with Gasteiger partial charge in [0.05, 0.1) is 18.7 Å². The van der Waals surface area contributed by atoms with Crippen LogP contribution < -0.4 is 0 Å². The Labute approximate surface area is 165 Å². The van der Waals surface area contributed by atoms with E-state index in [1.165, 1.54) is 15.3 Å². The summed E-state index contributed by atoms with van der Waals surface area (Å²) in [6, 6.07) is 12.6. The standard InChI is InChI=1S/C22H19NO2S2/c1-14-4-5-16-15(13-25-18(16)11-14)12-21(24)23-8-6-19-17(7-10-27-19)22(23)20-3-2-9-26-20/h2-5,7,9-11,13,22H,6,8,12H2,1H3. The number of rotatable bonds is 3. The van der Waals surface area contributed by atoms with Gasteiger partial charge in [-0.2, -0.15) is 0 Å². The molecule has 0 aliphatic carbocycles. The van der Waals surface area contributed by atoms with Gasteiger partial charge < -0.3 is 9.32 Å². The second-order valence-electron chi connectivity index (χ2n) is 6.99. The van der Waals surface area contributed by atoms with Gasteiger partial charge in [0.15, 0.2) is 0 Å². The van der Waals surface area contributed by atoms with Gasteiger partial charge in [0.1, 0.15) is 5.58 Å². The third kappa shape index (κ3) is 2.91. The second kappa shape index (κ2) is 6.66. The van der Waals surface area contributed by atoms with Gasteiger partial charge in [0.2, 0.25) is 5.91 Å². The minimum absolute atomic E-state index is 0.0351. The van der Waals surface area contributed by atoms with Crippen molar-refractivity contribution in [2.75, 3.05) is 6.54 Å². The summed E-state index contributed by atoms with van der Waals surface area (Å²) in [4.78, 5) is 18.0. The quantitative estimate of drug-likeness (QED) is 0.455. The van der Waals surface area contributed by atoms with Crippen LogP contribution in [-0.2, 0) is 17.6 Å². The topological polar surface area (TPSA) is 33.5 Å². The van der Waals surface area contributed by atoms with E-state index in [-0.39, 0.29) is 11.9 Å². The van der Waals surface area contributed by atoms with Crippen molar-refractivity contribution in [3.05, 3.63) is 79.9 Å². The van der Waals surface area contributed by atoms with Crippen LogP contribution in [0.25, 0.3) is 11.0 Å². The lowest BCUT2D eigenvalue weighted by Gasteiger charge is -2.35. The first-order valence-corrected chi connectivity index (χ1v) is 10.8. The van der Waals surface area contributed by atoms with Crippen LogP contribution in [0.3, 0.4) is 0 Å². The SMILES string of the molecule is Cc1ccc2c(CC(=O)N3CCc4sccc4C3c3cccs3)coc2c1. The highest BCUT2D eigenvalue weighted by atomic mass is 32.1. The van der Waals surface area contributed by atoms with Crippen molar-refractivity contribution in [3.63, 3.8) is 0 Å². The van der Waals surface area contributed by atoms with Crippen molar-refractivity contribution in [1.82, 2.24) is 4.90 Å². The minimum Gasteiger partial charge on any atom is -0.464 e. The molecule has 0 saturated carbocycles. The molecule has 1 aromatic carbocycles. The third-order valence-corrected chi connectivity index (χ3v) is 7.17. The summed E-state index contributed by atoms with van der Waals surface area (Å²) >= 11 is 3.52. The lowest BCUT2D eigenvalue weighted by Crippen LogP contribution is -2.40. The number of fused-ring (bicyclic) bond motifs is 2. The highest BCUT2D eigenvalue weighted by Gasteiger charge is 2.33. The fourth-order valence-corrected chi connectivity index (χ4v) is 5.69. The van der Waals surface area contributed by atoms with Gasteiger partial charge in [0.25, 0.3) is 0 Å². The average molecular weight is 394 g/mol. The van der Waals surface area contributed by atoms with Crippen molar-refractivity contribution in [1.29, 1.82) is 0 Å². The molecule has 1 aliphatic rings. The van der Waals surface area contributed by atoms with Crippen molar-refractivity contribution in [2.45, 2.75) is 25.8 Å². The minimum atomic E-state index is 0.0351. The predicted octanol–water partition coefficient (Wildman–Crippen LogP) is 5.58. The van der Waals surface area contributed by atoms with Crippen LogP contribution in [0.5, 0.6) is 0 Å². The van der Waals surface area contributed by atoms with Crippen LogP contribution in [0.1, 0.15) is 32.5 Å². The Balaban J connectivity index is 1.48. The molecule has 1 unspecified atom stereocenters. The van der Waals surface area contributed by atoms with Crippen LogP contribution in [-0.4, -0.2) is 17.4 Å². The van der Waals surface area contributed by atoms with Crippen molar-refractivity contribution in [3.8, 4) is 0 Å². The summed E-state index contributed by atoms with van der Waals surface area (Å²) in [5, 5.41) is 5.27. The Kier molecular flexibility index (Phi) is 4.14. The number of carbonyl (C=O) groups excluding carboxylic acids is 1. The third-order valence-electron chi connectivity index (χ3n) is 5.25. The number of amides is 1. The maximum atomic E-state index is 13.3. The van der Waals surface area contributed by atoms with Crippen LogP contribution in [0.15, 0.2) is 57.8 Å². The highest BCUT2D eigenvalue weighted by molar-refractivity contribution is 7.10. The molecule has 4 heterocycles. The van der Waals surface area contributed by atoms with E-state index in [0.717, 1.165) is 35.1 Å². The van der Waals surface area contributed by atoms with Crippen LogP contribution >= 0.6 is 22.7 Å². The molecule has 0 spiro atoms. The Morgan fingerprint density at radius 1 is 1.22 bits per heavy atom. The fourth-order valence-electron chi connectivity index (χ4n) is 3.93. The number of thiophene rings is 2. The Morgan fingerprint density at radius 2 is 2.15 bits per heavy atom. The van der Waals surface area contributed by atoms with Crippen LogP contribution in [0.4, 0.5) is 0 Å². The molecule has 5 heteroatoms. The van der Waals surface area contributed by atoms with E-state index in [4.69, 9.17) is 4.42 Å². The van der Waals surface area contributed by atoms with Gasteiger partial charge in [-0.15, -0.1) is 22.7 Å². The van der Waals surface area contributed by atoms with Crippen LogP contribution in [0.2, 0.25) is 0 Å². The van der Waals surface area contributed by atoms with Crippen molar-refractivity contribution >= 4 is 39.5 Å². The van der Waals surface area contributed by atoms with Gasteiger partial charge in [0, 0.05) is 27.2 Å². The molecule has 0 fully saturated rings. The number of furan rings is 1. The monoisotopic (exact) mass is 393 g/mol. The van der Waals surface area contributed by atoms with E-state index in [0.29, 0.717) is 6.42 Å². The van der Waals surface area contributed by atoms with Gasteiger partial charge >= 0.3 is 0 Å². The van der Waals surface area contributed by atoms with Gasteiger partial charge in [-0.1, -0.05) is 18.2 Å². The highest BCUT2D eigenvalue weighted by Crippen LogP contribution is 2.40. The maximum Gasteiger partial charge on any atom is 0.227 e. The molecule has 3 nitrogen and oxygen atoms in total. The molecule has 1 aliphatic heterocycles. The first-order chi connectivity index (χ1) is 13.2. The second-order valence-corrected chi connectivity index (χ2v) is 8.97.